The molecule has 156 valence electrons. The Bertz CT molecular complexity index is 1120. The molecule has 1 aromatic heterocycles. The number of hydrogen-bond donors (Lipinski definition) is 1. The minimum Gasteiger partial charge on any atom is -0.455 e. The van der Waals surface area contributed by atoms with Crippen LogP contribution < -0.4 is 10.1 Å². The van der Waals surface area contributed by atoms with E-state index in [1.54, 1.807) is 32.2 Å². The van der Waals surface area contributed by atoms with Gasteiger partial charge in [0.05, 0.1) is 31.9 Å². The van der Waals surface area contributed by atoms with Gasteiger partial charge in [-0.2, -0.15) is 5.10 Å². The number of amides is 1. The molecular formula is C19H15BrCl2N4O4. The molecule has 0 fully saturated rings. The van der Waals surface area contributed by atoms with Gasteiger partial charge in [-0.15, -0.1) is 0 Å². The lowest BCUT2D eigenvalue weighted by Crippen LogP contribution is -2.24. The fourth-order valence-corrected chi connectivity index (χ4v) is 3.27. The van der Waals surface area contributed by atoms with Gasteiger partial charge in [-0.3, -0.25) is 19.6 Å². The number of nitro benzene ring substituents is 1. The number of aromatic nitrogens is 2. The van der Waals surface area contributed by atoms with Gasteiger partial charge in [-0.1, -0.05) is 23.2 Å². The first kappa shape index (κ1) is 22.1. The monoisotopic (exact) mass is 512 g/mol. The molecule has 0 bridgehead atoms. The second kappa shape index (κ2) is 9.03. The van der Waals surface area contributed by atoms with Crippen molar-refractivity contribution in [3.05, 3.63) is 72.9 Å². The molecule has 1 atom stereocenters. The van der Waals surface area contributed by atoms with Crippen LogP contribution in [0.5, 0.6) is 11.5 Å². The van der Waals surface area contributed by atoms with Gasteiger partial charge >= 0.3 is 0 Å². The summed E-state index contributed by atoms with van der Waals surface area (Å²) < 4.78 is 7.94. The van der Waals surface area contributed by atoms with Gasteiger partial charge in [0, 0.05) is 23.4 Å². The summed E-state index contributed by atoms with van der Waals surface area (Å²) >= 11 is 15.3. The minimum absolute atomic E-state index is 0.133. The number of hydrogen-bond acceptors (Lipinski definition) is 5. The highest BCUT2D eigenvalue weighted by atomic mass is 79.9. The van der Waals surface area contributed by atoms with Crippen LogP contribution in [0.25, 0.3) is 0 Å². The number of nitrogens with zero attached hydrogens (tertiary/aromatic N) is 3. The summed E-state index contributed by atoms with van der Waals surface area (Å²) in [5.41, 5.74) is 0.683. The number of ether oxygens (including phenoxy) is 1. The number of nitrogens with one attached hydrogen (secondary N) is 1. The van der Waals surface area contributed by atoms with E-state index in [9.17, 15) is 14.9 Å². The fourth-order valence-electron chi connectivity index (χ4n) is 2.53. The highest BCUT2D eigenvalue weighted by Crippen LogP contribution is 2.34. The van der Waals surface area contributed by atoms with Gasteiger partial charge in [-0.05, 0) is 48.0 Å². The third kappa shape index (κ3) is 5.10. The molecule has 2 aromatic carbocycles. The van der Waals surface area contributed by atoms with Crippen LogP contribution in [0.3, 0.4) is 0 Å². The normalized spacial score (nSPS) is 11.8. The first-order chi connectivity index (χ1) is 14.1. The molecule has 3 rings (SSSR count). The van der Waals surface area contributed by atoms with Gasteiger partial charge in [0.1, 0.15) is 17.5 Å². The second-order valence-electron chi connectivity index (χ2n) is 6.36. The number of rotatable bonds is 6. The van der Waals surface area contributed by atoms with Crippen LogP contribution in [0.2, 0.25) is 10.0 Å². The number of aryl methyl sites for hydroxylation is 1. The van der Waals surface area contributed by atoms with E-state index in [1.807, 2.05) is 0 Å². The molecule has 11 heteroatoms. The van der Waals surface area contributed by atoms with Crippen molar-refractivity contribution in [3.63, 3.8) is 0 Å². The molecule has 1 N–H and O–H groups in total. The van der Waals surface area contributed by atoms with Crippen LogP contribution in [0.1, 0.15) is 18.7 Å². The maximum Gasteiger partial charge on any atom is 0.275 e. The van der Waals surface area contributed by atoms with Crippen molar-refractivity contribution in [3.8, 4) is 11.5 Å². The lowest BCUT2D eigenvalue weighted by molar-refractivity contribution is -0.384. The molecule has 0 aliphatic rings. The van der Waals surface area contributed by atoms with Crippen LogP contribution in [0, 0.1) is 17.0 Å². The van der Waals surface area contributed by atoms with Crippen molar-refractivity contribution in [2.24, 2.45) is 0 Å². The van der Waals surface area contributed by atoms with E-state index >= 15 is 0 Å². The van der Waals surface area contributed by atoms with E-state index in [0.717, 1.165) is 10.2 Å². The number of nitro groups is 1. The van der Waals surface area contributed by atoms with Crippen LogP contribution in [0.15, 0.2) is 47.1 Å². The predicted molar refractivity (Wildman–Crippen MR) is 118 cm³/mol. The largest absolute Gasteiger partial charge is 0.455 e. The molecule has 0 aliphatic heterocycles. The van der Waals surface area contributed by atoms with Gasteiger partial charge in [-0.25, -0.2) is 0 Å². The van der Waals surface area contributed by atoms with Crippen LogP contribution in [-0.2, 0) is 4.79 Å². The second-order valence-corrected chi connectivity index (χ2v) is 8.06. The Morgan fingerprint density at radius 1 is 1.30 bits per heavy atom. The maximum atomic E-state index is 12.6. The Labute approximate surface area is 190 Å². The Kier molecular flexibility index (Phi) is 6.64. The zero-order valence-corrected chi connectivity index (χ0v) is 18.8. The highest BCUT2D eigenvalue weighted by Gasteiger charge is 2.19. The number of carbonyl (C=O) groups excluding carboxylic acids is 1. The number of non-ortho nitro benzene ring substituents is 1. The third-order valence-electron chi connectivity index (χ3n) is 4.12. The average Bonchev–Trinajstić information content (AvgIpc) is 3.01. The molecule has 0 aliphatic carbocycles. The first-order valence-electron chi connectivity index (χ1n) is 8.58. The highest BCUT2D eigenvalue weighted by molar-refractivity contribution is 9.10. The zero-order valence-electron chi connectivity index (χ0n) is 15.7. The smallest absolute Gasteiger partial charge is 0.275 e. The number of carbonyl (C=O) groups is 1. The van der Waals surface area contributed by atoms with Crippen molar-refractivity contribution in [1.82, 2.24) is 9.78 Å². The van der Waals surface area contributed by atoms with E-state index in [2.05, 4.69) is 26.3 Å². The van der Waals surface area contributed by atoms with E-state index in [-0.39, 0.29) is 27.9 Å². The summed E-state index contributed by atoms with van der Waals surface area (Å²) in [6.07, 6.45) is 1.68. The van der Waals surface area contributed by atoms with Crippen LogP contribution >= 0.6 is 39.1 Å². The third-order valence-corrected chi connectivity index (χ3v) is 5.43. The number of benzene rings is 2. The summed E-state index contributed by atoms with van der Waals surface area (Å²) in [5, 5.41) is 18.9. The SMILES string of the molecule is Cc1nn(C(C)C(=O)Nc2cc(Oc3ccc(Cl)cc3Cl)cc([N+](=O)[O-])c2)cc1Br. The molecule has 3 aromatic rings. The van der Waals surface area contributed by atoms with E-state index in [0.29, 0.717) is 5.02 Å². The predicted octanol–water partition coefficient (Wildman–Crippen LogP) is 6.16. The molecule has 0 radical (unpaired) electrons. The molecule has 0 saturated heterocycles. The van der Waals surface area contributed by atoms with Gasteiger partial charge < -0.3 is 10.1 Å². The lowest BCUT2D eigenvalue weighted by Gasteiger charge is -2.14. The van der Waals surface area contributed by atoms with Crippen molar-refractivity contribution in [2.75, 3.05) is 5.32 Å². The van der Waals surface area contributed by atoms with Crippen LogP contribution in [-0.4, -0.2) is 20.6 Å². The average molecular weight is 514 g/mol. The fraction of sp³-hybridized carbons (Fsp3) is 0.158. The standard InChI is InChI=1S/C19H15BrCl2N4O4/c1-10-16(20)9-25(24-10)11(2)19(27)23-13-6-14(26(28)29)8-15(7-13)30-18-4-3-12(21)5-17(18)22/h3-9,11H,1-2H3,(H,23,27). The molecule has 0 spiro atoms. The Hall–Kier alpha value is -2.62. The van der Waals surface area contributed by atoms with E-state index < -0.39 is 16.9 Å². The van der Waals surface area contributed by atoms with Gasteiger partial charge in [0.25, 0.3) is 5.69 Å². The Morgan fingerprint density at radius 3 is 2.63 bits per heavy atom. The van der Waals surface area contributed by atoms with Crippen molar-refractivity contribution < 1.29 is 14.5 Å². The zero-order chi connectivity index (χ0) is 22.0. The first-order valence-corrected chi connectivity index (χ1v) is 10.1. The molecule has 1 amide bonds. The molecule has 1 unspecified atom stereocenters. The Morgan fingerprint density at radius 2 is 2.03 bits per heavy atom. The van der Waals surface area contributed by atoms with Crippen molar-refractivity contribution in [1.29, 1.82) is 0 Å². The minimum atomic E-state index is -0.649. The molecule has 8 nitrogen and oxygen atoms in total. The molecule has 1 heterocycles. The molecular weight excluding hydrogens is 499 g/mol. The summed E-state index contributed by atoms with van der Waals surface area (Å²) in [5.74, 6) is -0.000831. The quantitative estimate of drug-likeness (QED) is 0.314. The topological polar surface area (TPSA) is 99.3 Å². The summed E-state index contributed by atoms with van der Waals surface area (Å²) in [6.45, 7) is 3.47. The van der Waals surface area contributed by atoms with Crippen molar-refractivity contribution in [2.45, 2.75) is 19.9 Å². The summed E-state index contributed by atoms with van der Waals surface area (Å²) in [4.78, 5) is 23.4. The van der Waals surface area contributed by atoms with Crippen LogP contribution in [0.4, 0.5) is 11.4 Å². The summed E-state index contributed by atoms with van der Waals surface area (Å²) in [7, 11) is 0. The number of anilines is 1. The van der Waals surface area contributed by atoms with Gasteiger partial charge in [0.15, 0.2) is 0 Å². The van der Waals surface area contributed by atoms with Crippen molar-refractivity contribution >= 4 is 56.4 Å². The maximum absolute atomic E-state index is 12.6. The lowest BCUT2D eigenvalue weighted by atomic mass is 10.2. The van der Waals surface area contributed by atoms with E-state index in [4.69, 9.17) is 27.9 Å². The van der Waals surface area contributed by atoms with E-state index in [1.165, 1.54) is 28.9 Å². The summed E-state index contributed by atoms with van der Waals surface area (Å²) in [6, 6.07) is 7.90. The number of halogens is 3. The molecule has 30 heavy (non-hydrogen) atoms. The van der Waals surface area contributed by atoms with Gasteiger partial charge in [0.2, 0.25) is 5.91 Å². The Balaban J connectivity index is 1.86. The molecule has 0 saturated carbocycles.